The Bertz CT molecular complexity index is 470. The normalized spacial score (nSPS) is 10.6. The van der Waals surface area contributed by atoms with Crippen LogP contribution in [0.2, 0.25) is 0 Å². The molecule has 0 unspecified atom stereocenters. The highest BCUT2D eigenvalue weighted by Gasteiger charge is 2.02. The molecule has 84 valence electrons. The number of halogens is 1. The lowest BCUT2D eigenvalue weighted by Gasteiger charge is -2.04. The number of nitrogens with one attached hydrogen (secondary N) is 1. The lowest BCUT2D eigenvalue weighted by molar-refractivity contribution is 0.385. The van der Waals surface area contributed by atoms with Crippen molar-refractivity contribution in [3.05, 3.63) is 46.0 Å². The van der Waals surface area contributed by atoms with Gasteiger partial charge in [0.15, 0.2) is 5.82 Å². The molecule has 0 spiro atoms. The quantitative estimate of drug-likeness (QED) is 0.935. The summed E-state index contributed by atoms with van der Waals surface area (Å²) in [5.41, 5.74) is 1.21. The Labute approximate surface area is 102 Å². The van der Waals surface area contributed by atoms with Gasteiger partial charge in [0.2, 0.25) is 5.89 Å². The van der Waals surface area contributed by atoms with Gasteiger partial charge in [0.25, 0.3) is 0 Å². The number of hydrogen-bond donors (Lipinski definition) is 1. The number of aromatic nitrogens is 2. The molecule has 0 saturated heterocycles. The third-order valence-corrected chi connectivity index (χ3v) is 2.90. The van der Waals surface area contributed by atoms with E-state index < -0.39 is 0 Å². The summed E-state index contributed by atoms with van der Waals surface area (Å²) in [7, 11) is 0. The van der Waals surface area contributed by atoms with E-state index in [1.807, 2.05) is 18.2 Å². The van der Waals surface area contributed by atoms with E-state index in [-0.39, 0.29) is 0 Å². The van der Waals surface area contributed by atoms with Crippen LogP contribution in [0.25, 0.3) is 0 Å². The van der Waals surface area contributed by atoms with Crippen LogP contribution in [0.5, 0.6) is 0 Å². The molecule has 0 fully saturated rings. The summed E-state index contributed by atoms with van der Waals surface area (Å²) in [6, 6.07) is 8.10. The highest BCUT2D eigenvalue weighted by Crippen LogP contribution is 2.15. The van der Waals surface area contributed by atoms with Crippen molar-refractivity contribution in [3.63, 3.8) is 0 Å². The molecule has 4 nitrogen and oxygen atoms in total. The SMILES string of the molecule is Cc1nc(CNCc2ccccc2Br)no1. The lowest BCUT2D eigenvalue weighted by atomic mass is 10.2. The summed E-state index contributed by atoms with van der Waals surface area (Å²) in [4.78, 5) is 4.11. The van der Waals surface area contributed by atoms with Crippen LogP contribution in [0.3, 0.4) is 0 Å². The zero-order valence-corrected chi connectivity index (χ0v) is 10.5. The van der Waals surface area contributed by atoms with E-state index in [4.69, 9.17) is 4.52 Å². The van der Waals surface area contributed by atoms with Gasteiger partial charge in [-0.05, 0) is 11.6 Å². The fraction of sp³-hybridized carbons (Fsp3) is 0.273. The number of benzene rings is 1. The molecule has 0 radical (unpaired) electrons. The highest BCUT2D eigenvalue weighted by molar-refractivity contribution is 9.10. The summed E-state index contributed by atoms with van der Waals surface area (Å²) in [6.07, 6.45) is 0. The zero-order chi connectivity index (χ0) is 11.4. The first kappa shape index (κ1) is 11.3. The monoisotopic (exact) mass is 281 g/mol. The fourth-order valence-corrected chi connectivity index (χ4v) is 1.79. The van der Waals surface area contributed by atoms with E-state index in [1.165, 1.54) is 5.56 Å². The van der Waals surface area contributed by atoms with Gasteiger partial charge in [0.1, 0.15) is 0 Å². The number of aryl methyl sites for hydroxylation is 1. The number of hydrogen-bond acceptors (Lipinski definition) is 4. The molecule has 1 aromatic carbocycles. The van der Waals surface area contributed by atoms with Crippen LogP contribution in [-0.4, -0.2) is 10.1 Å². The van der Waals surface area contributed by atoms with E-state index in [0.717, 1.165) is 11.0 Å². The second kappa shape index (κ2) is 5.23. The fourth-order valence-electron chi connectivity index (χ4n) is 1.36. The molecule has 0 saturated carbocycles. The molecule has 16 heavy (non-hydrogen) atoms. The summed E-state index contributed by atoms with van der Waals surface area (Å²) >= 11 is 3.50. The number of nitrogens with zero attached hydrogens (tertiary/aromatic N) is 2. The molecule has 0 bridgehead atoms. The van der Waals surface area contributed by atoms with Gasteiger partial charge in [-0.15, -0.1) is 0 Å². The average Bonchev–Trinajstić information content (AvgIpc) is 2.67. The Kier molecular flexibility index (Phi) is 3.69. The topological polar surface area (TPSA) is 51.0 Å². The third kappa shape index (κ3) is 2.90. The van der Waals surface area contributed by atoms with Crippen molar-refractivity contribution in [3.8, 4) is 0 Å². The van der Waals surface area contributed by atoms with E-state index in [2.05, 4.69) is 37.5 Å². The molecule has 5 heteroatoms. The van der Waals surface area contributed by atoms with Crippen molar-refractivity contribution in [1.82, 2.24) is 15.5 Å². The molecule has 0 amide bonds. The Morgan fingerprint density at radius 2 is 2.12 bits per heavy atom. The Balaban J connectivity index is 1.87. The summed E-state index contributed by atoms with van der Waals surface area (Å²) in [5, 5.41) is 7.07. The molecule has 0 aliphatic heterocycles. The molecular weight excluding hydrogens is 270 g/mol. The van der Waals surface area contributed by atoms with Gasteiger partial charge in [0, 0.05) is 17.9 Å². The molecule has 2 aromatic rings. The standard InChI is InChI=1S/C11H12BrN3O/c1-8-14-11(15-16-8)7-13-6-9-4-2-3-5-10(9)12/h2-5,13H,6-7H2,1H3. The first-order valence-corrected chi connectivity index (χ1v) is 5.78. The van der Waals surface area contributed by atoms with Gasteiger partial charge >= 0.3 is 0 Å². The Morgan fingerprint density at radius 1 is 1.31 bits per heavy atom. The van der Waals surface area contributed by atoms with E-state index in [1.54, 1.807) is 6.92 Å². The minimum absolute atomic E-state index is 0.595. The van der Waals surface area contributed by atoms with Gasteiger partial charge in [-0.2, -0.15) is 4.98 Å². The summed E-state index contributed by atoms with van der Waals surface area (Å²) < 4.78 is 5.98. The van der Waals surface area contributed by atoms with Gasteiger partial charge in [-0.25, -0.2) is 0 Å². The zero-order valence-electron chi connectivity index (χ0n) is 8.90. The Morgan fingerprint density at radius 3 is 2.81 bits per heavy atom. The van der Waals surface area contributed by atoms with Crippen molar-refractivity contribution in [2.45, 2.75) is 20.0 Å². The van der Waals surface area contributed by atoms with Crippen LogP contribution in [0.1, 0.15) is 17.3 Å². The van der Waals surface area contributed by atoms with Gasteiger partial charge in [-0.3, -0.25) is 0 Å². The predicted molar refractivity (Wildman–Crippen MR) is 63.7 cm³/mol. The molecule has 0 aliphatic rings. The van der Waals surface area contributed by atoms with Gasteiger partial charge in [0.05, 0.1) is 6.54 Å². The minimum Gasteiger partial charge on any atom is -0.340 e. The molecule has 2 rings (SSSR count). The molecule has 1 aromatic heterocycles. The molecule has 0 aliphatic carbocycles. The van der Waals surface area contributed by atoms with Crippen LogP contribution in [0, 0.1) is 6.92 Å². The van der Waals surface area contributed by atoms with Crippen molar-refractivity contribution < 1.29 is 4.52 Å². The van der Waals surface area contributed by atoms with Gasteiger partial charge < -0.3 is 9.84 Å². The third-order valence-electron chi connectivity index (χ3n) is 2.13. The maximum Gasteiger partial charge on any atom is 0.223 e. The van der Waals surface area contributed by atoms with Crippen LogP contribution >= 0.6 is 15.9 Å². The van der Waals surface area contributed by atoms with Gasteiger partial charge in [-0.1, -0.05) is 39.3 Å². The van der Waals surface area contributed by atoms with E-state index >= 15 is 0 Å². The minimum atomic E-state index is 0.595. The molecular formula is C11H12BrN3O. The second-order valence-corrected chi connectivity index (χ2v) is 4.28. The smallest absolute Gasteiger partial charge is 0.223 e. The predicted octanol–water partition coefficient (Wildman–Crippen LogP) is 2.43. The first-order chi connectivity index (χ1) is 7.75. The maximum absolute atomic E-state index is 4.88. The molecule has 1 N–H and O–H groups in total. The largest absolute Gasteiger partial charge is 0.340 e. The molecule has 1 heterocycles. The highest BCUT2D eigenvalue weighted by atomic mass is 79.9. The van der Waals surface area contributed by atoms with Crippen molar-refractivity contribution in [2.24, 2.45) is 0 Å². The van der Waals surface area contributed by atoms with E-state index in [0.29, 0.717) is 18.3 Å². The average molecular weight is 282 g/mol. The van der Waals surface area contributed by atoms with E-state index in [9.17, 15) is 0 Å². The summed E-state index contributed by atoms with van der Waals surface area (Å²) in [6.45, 7) is 3.16. The lowest BCUT2D eigenvalue weighted by Crippen LogP contribution is -2.14. The summed E-state index contributed by atoms with van der Waals surface area (Å²) in [5.74, 6) is 1.28. The second-order valence-electron chi connectivity index (χ2n) is 3.42. The van der Waals surface area contributed by atoms with Crippen LogP contribution in [-0.2, 0) is 13.1 Å². The molecule has 0 atom stereocenters. The van der Waals surface area contributed by atoms with Crippen molar-refractivity contribution >= 4 is 15.9 Å². The Hall–Kier alpha value is -1.20. The maximum atomic E-state index is 4.88. The van der Waals surface area contributed by atoms with Crippen LogP contribution in [0.15, 0.2) is 33.3 Å². The van der Waals surface area contributed by atoms with Crippen molar-refractivity contribution in [2.75, 3.05) is 0 Å². The van der Waals surface area contributed by atoms with Crippen LogP contribution < -0.4 is 5.32 Å². The van der Waals surface area contributed by atoms with Crippen LogP contribution in [0.4, 0.5) is 0 Å². The number of rotatable bonds is 4. The first-order valence-electron chi connectivity index (χ1n) is 4.99. The van der Waals surface area contributed by atoms with Crippen molar-refractivity contribution in [1.29, 1.82) is 0 Å².